The topological polar surface area (TPSA) is 65.4 Å². The van der Waals surface area contributed by atoms with Crippen LogP contribution in [0, 0.1) is 11.3 Å². The van der Waals surface area contributed by atoms with Crippen molar-refractivity contribution in [3.63, 3.8) is 0 Å². The third-order valence-corrected chi connectivity index (χ3v) is 3.13. The molecule has 0 aromatic carbocycles. The average Bonchev–Trinajstić information content (AvgIpc) is 2.39. The number of hydrogen-bond acceptors (Lipinski definition) is 4. The Labute approximate surface area is 95.4 Å². The van der Waals surface area contributed by atoms with Gasteiger partial charge in [-0.1, -0.05) is 6.42 Å². The number of piperidine rings is 1. The zero-order valence-corrected chi connectivity index (χ0v) is 9.32. The molecule has 16 heavy (non-hydrogen) atoms. The molecule has 5 nitrogen and oxygen atoms in total. The Morgan fingerprint density at radius 3 is 3.06 bits per heavy atom. The van der Waals surface area contributed by atoms with Gasteiger partial charge >= 0.3 is 0 Å². The van der Waals surface area contributed by atoms with Gasteiger partial charge in [-0.25, -0.2) is 0 Å². The maximum absolute atomic E-state index is 12.1. The fourth-order valence-electron chi connectivity index (χ4n) is 2.21. The van der Waals surface area contributed by atoms with E-state index in [2.05, 4.69) is 11.4 Å². The lowest BCUT2D eigenvalue weighted by molar-refractivity contribution is -0.139. The summed E-state index contributed by atoms with van der Waals surface area (Å²) >= 11 is 0. The van der Waals surface area contributed by atoms with Gasteiger partial charge in [-0.2, -0.15) is 5.26 Å². The van der Waals surface area contributed by atoms with Crippen molar-refractivity contribution in [2.75, 3.05) is 26.2 Å². The monoisotopic (exact) mass is 223 g/mol. The van der Waals surface area contributed by atoms with Crippen molar-refractivity contribution < 1.29 is 9.53 Å². The van der Waals surface area contributed by atoms with Gasteiger partial charge in [0, 0.05) is 6.54 Å². The summed E-state index contributed by atoms with van der Waals surface area (Å²) in [6, 6.07) is 2.01. The zero-order valence-electron chi connectivity index (χ0n) is 9.32. The second-order valence-corrected chi connectivity index (χ2v) is 4.28. The number of hydrogen-bond donors (Lipinski definition) is 1. The first kappa shape index (κ1) is 11.4. The van der Waals surface area contributed by atoms with Gasteiger partial charge in [0.2, 0.25) is 5.91 Å². The van der Waals surface area contributed by atoms with E-state index >= 15 is 0 Å². The molecule has 2 saturated heterocycles. The predicted molar refractivity (Wildman–Crippen MR) is 57.6 cm³/mol. The molecule has 1 N–H and O–H groups in total. The first-order chi connectivity index (χ1) is 7.81. The highest BCUT2D eigenvalue weighted by molar-refractivity contribution is 5.82. The van der Waals surface area contributed by atoms with Gasteiger partial charge in [-0.15, -0.1) is 0 Å². The number of rotatable bonds is 1. The number of nitrogens with zero attached hydrogens (tertiary/aromatic N) is 2. The summed E-state index contributed by atoms with van der Waals surface area (Å²) in [6.07, 6.45) is 2.71. The van der Waals surface area contributed by atoms with Crippen LogP contribution >= 0.6 is 0 Å². The van der Waals surface area contributed by atoms with E-state index < -0.39 is 6.10 Å². The largest absolute Gasteiger partial charge is 0.360 e. The lowest BCUT2D eigenvalue weighted by atomic mass is 10.0. The van der Waals surface area contributed by atoms with Crippen LogP contribution in [0.3, 0.4) is 0 Å². The summed E-state index contributed by atoms with van der Waals surface area (Å²) < 4.78 is 5.22. The van der Waals surface area contributed by atoms with Gasteiger partial charge in [-0.3, -0.25) is 4.79 Å². The molecule has 2 fully saturated rings. The van der Waals surface area contributed by atoms with Crippen LogP contribution in [0.1, 0.15) is 19.3 Å². The first-order valence-electron chi connectivity index (χ1n) is 5.84. The van der Waals surface area contributed by atoms with Gasteiger partial charge in [0.05, 0.1) is 25.3 Å². The van der Waals surface area contributed by atoms with Gasteiger partial charge in [-0.05, 0) is 19.4 Å². The van der Waals surface area contributed by atoms with Crippen LogP contribution in [0.2, 0.25) is 0 Å². The number of carbonyl (C=O) groups excluding carboxylic acids is 1. The van der Waals surface area contributed by atoms with Crippen LogP contribution in [0.4, 0.5) is 0 Å². The highest BCUT2D eigenvalue weighted by Crippen LogP contribution is 2.12. The van der Waals surface area contributed by atoms with Crippen LogP contribution in [-0.2, 0) is 9.53 Å². The van der Waals surface area contributed by atoms with Crippen LogP contribution in [0.15, 0.2) is 0 Å². The van der Waals surface area contributed by atoms with Gasteiger partial charge < -0.3 is 15.0 Å². The van der Waals surface area contributed by atoms with E-state index in [0.717, 1.165) is 25.8 Å². The molecule has 2 aliphatic rings. The molecular weight excluding hydrogens is 206 g/mol. The molecule has 0 aromatic heterocycles. The molecule has 2 rings (SSSR count). The number of ether oxygens (including phenoxy) is 1. The zero-order chi connectivity index (χ0) is 11.4. The van der Waals surface area contributed by atoms with Crippen LogP contribution in [-0.4, -0.2) is 49.2 Å². The van der Waals surface area contributed by atoms with Crippen molar-refractivity contribution in [3.8, 4) is 6.07 Å². The van der Waals surface area contributed by atoms with Crippen LogP contribution in [0.5, 0.6) is 0 Å². The Hall–Kier alpha value is -1.12. The molecule has 0 saturated carbocycles. The third-order valence-electron chi connectivity index (χ3n) is 3.13. The predicted octanol–water partition coefficient (Wildman–Crippen LogP) is -0.121. The Kier molecular flexibility index (Phi) is 3.75. The number of nitrogens with one attached hydrogen (secondary N) is 1. The average molecular weight is 223 g/mol. The van der Waals surface area contributed by atoms with Gasteiger partial charge in [0.25, 0.3) is 0 Å². The van der Waals surface area contributed by atoms with E-state index in [9.17, 15) is 4.79 Å². The van der Waals surface area contributed by atoms with Gasteiger partial charge in [0.15, 0.2) is 6.10 Å². The quantitative estimate of drug-likeness (QED) is 0.673. The molecule has 2 atom stereocenters. The second-order valence-electron chi connectivity index (χ2n) is 4.28. The van der Waals surface area contributed by atoms with Crippen molar-refractivity contribution >= 4 is 5.91 Å². The molecule has 2 aliphatic heterocycles. The Morgan fingerprint density at radius 2 is 2.38 bits per heavy atom. The van der Waals surface area contributed by atoms with E-state index in [4.69, 9.17) is 10.00 Å². The smallest absolute Gasteiger partial charge is 0.239 e. The summed E-state index contributed by atoms with van der Waals surface area (Å²) in [6.45, 7) is 2.40. The summed E-state index contributed by atoms with van der Waals surface area (Å²) in [5, 5.41) is 12.0. The SMILES string of the molecule is N#CC1CN(C(=O)[C@H]2CCCCN2)CCO1. The van der Waals surface area contributed by atoms with E-state index in [1.807, 2.05) is 0 Å². The van der Waals surface area contributed by atoms with E-state index in [1.165, 1.54) is 0 Å². The van der Waals surface area contributed by atoms with Gasteiger partial charge in [0.1, 0.15) is 0 Å². The fraction of sp³-hybridized carbons (Fsp3) is 0.818. The third kappa shape index (κ3) is 2.52. The summed E-state index contributed by atoms with van der Waals surface area (Å²) in [4.78, 5) is 13.9. The first-order valence-corrected chi connectivity index (χ1v) is 5.84. The second kappa shape index (κ2) is 5.28. The Morgan fingerprint density at radius 1 is 1.50 bits per heavy atom. The molecule has 88 valence electrons. The molecule has 0 aliphatic carbocycles. The van der Waals surface area contributed by atoms with Crippen molar-refractivity contribution in [1.82, 2.24) is 10.2 Å². The van der Waals surface area contributed by atoms with Crippen LogP contribution < -0.4 is 5.32 Å². The molecule has 1 amide bonds. The molecule has 2 heterocycles. The normalized spacial score (nSPS) is 30.8. The van der Waals surface area contributed by atoms with Crippen LogP contribution in [0.25, 0.3) is 0 Å². The highest BCUT2D eigenvalue weighted by Gasteiger charge is 2.29. The summed E-state index contributed by atoms with van der Waals surface area (Å²) in [7, 11) is 0. The van der Waals surface area contributed by atoms with Crippen molar-refractivity contribution in [3.05, 3.63) is 0 Å². The molecule has 1 unspecified atom stereocenters. The molecule has 0 bridgehead atoms. The van der Waals surface area contributed by atoms with Crippen molar-refractivity contribution in [2.24, 2.45) is 0 Å². The minimum atomic E-state index is -0.457. The maximum Gasteiger partial charge on any atom is 0.239 e. The fourth-order valence-corrected chi connectivity index (χ4v) is 2.21. The minimum Gasteiger partial charge on any atom is -0.360 e. The number of nitriles is 1. The maximum atomic E-state index is 12.1. The molecule has 0 spiro atoms. The number of carbonyl (C=O) groups is 1. The van der Waals surface area contributed by atoms with Crippen molar-refractivity contribution in [2.45, 2.75) is 31.4 Å². The standard InChI is InChI=1S/C11H17N3O2/c12-7-9-8-14(5-6-16-9)11(15)10-3-1-2-4-13-10/h9-10,13H,1-6,8H2/t9?,10-/m1/s1. The Balaban J connectivity index is 1.90. The van der Waals surface area contributed by atoms with E-state index in [1.54, 1.807) is 4.90 Å². The molecule has 0 aromatic rings. The summed E-state index contributed by atoms with van der Waals surface area (Å²) in [5.74, 6) is 0.128. The highest BCUT2D eigenvalue weighted by atomic mass is 16.5. The van der Waals surface area contributed by atoms with E-state index in [-0.39, 0.29) is 11.9 Å². The molecular formula is C11H17N3O2. The number of amides is 1. The lowest BCUT2D eigenvalue weighted by Gasteiger charge is -2.34. The minimum absolute atomic E-state index is 0.0498. The number of morpholine rings is 1. The van der Waals surface area contributed by atoms with E-state index in [0.29, 0.717) is 19.7 Å². The molecule has 0 radical (unpaired) electrons. The summed E-state index contributed by atoms with van der Waals surface area (Å²) in [5.41, 5.74) is 0. The van der Waals surface area contributed by atoms with Crippen molar-refractivity contribution in [1.29, 1.82) is 5.26 Å². The Bertz CT molecular complexity index is 294. The lowest BCUT2D eigenvalue weighted by Crippen LogP contribution is -2.53. The molecule has 5 heteroatoms.